The first kappa shape index (κ1) is 21.1. The fraction of sp³-hybridized carbons (Fsp3) is 0.524. The third-order valence-corrected chi connectivity index (χ3v) is 5.80. The molecule has 0 N–H and O–H groups in total. The highest BCUT2D eigenvalue weighted by Gasteiger charge is 2.34. The molecule has 2 aliphatic heterocycles. The van der Waals surface area contributed by atoms with E-state index in [1.165, 1.54) is 11.8 Å². The highest BCUT2D eigenvalue weighted by molar-refractivity contribution is 8.26. The first-order valence-electron chi connectivity index (χ1n) is 9.74. The number of carbonyl (C=O) groups is 1. The number of thioether (sulfide) groups is 1. The van der Waals surface area contributed by atoms with E-state index in [9.17, 15) is 4.79 Å². The highest BCUT2D eigenvalue weighted by Crippen LogP contribution is 2.35. The van der Waals surface area contributed by atoms with Gasteiger partial charge >= 0.3 is 0 Å². The number of hydrogen-bond acceptors (Lipinski definition) is 6. The SMILES string of the molecule is CCOc1cc(/C=C2\SC(=S)N(C[C@H]3CCCO3)C2=O)ccc1OCC(C)C. The van der Waals surface area contributed by atoms with Gasteiger partial charge in [0, 0.05) is 6.61 Å². The van der Waals surface area contributed by atoms with E-state index in [1.54, 1.807) is 4.90 Å². The molecule has 28 heavy (non-hydrogen) atoms. The lowest BCUT2D eigenvalue weighted by Crippen LogP contribution is -2.35. The Labute approximate surface area is 176 Å². The second kappa shape index (κ2) is 9.76. The Morgan fingerprint density at radius 2 is 2.18 bits per heavy atom. The number of amides is 1. The van der Waals surface area contributed by atoms with Crippen molar-refractivity contribution in [3.63, 3.8) is 0 Å². The van der Waals surface area contributed by atoms with Crippen LogP contribution < -0.4 is 9.47 Å². The van der Waals surface area contributed by atoms with Crippen LogP contribution in [0.15, 0.2) is 23.1 Å². The van der Waals surface area contributed by atoms with E-state index in [4.69, 9.17) is 26.4 Å². The fourth-order valence-electron chi connectivity index (χ4n) is 3.06. The molecule has 2 saturated heterocycles. The molecule has 0 aromatic heterocycles. The summed E-state index contributed by atoms with van der Waals surface area (Å²) in [5.74, 6) is 1.79. The van der Waals surface area contributed by atoms with Gasteiger partial charge in [0.05, 0.1) is 30.8 Å². The summed E-state index contributed by atoms with van der Waals surface area (Å²) >= 11 is 6.76. The number of carbonyl (C=O) groups excluding carboxylic acids is 1. The van der Waals surface area contributed by atoms with Gasteiger partial charge in [0.1, 0.15) is 4.32 Å². The van der Waals surface area contributed by atoms with Gasteiger partial charge in [0.2, 0.25) is 0 Å². The molecule has 1 aromatic carbocycles. The third-order valence-electron chi connectivity index (χ3n) is 4.42. The molecule has 1 amide bonds. The zero-order valence-electron chi connectivity index (χ0n) is 16.6. The minimum absolute atomic E-state index is 0.0522. The summed E-state index contributed by atoms with van der Waals surface area (Å²) in [6.07, 6.45) is 3.97. The van der Waals surface area contributed by atoms with Gasteiger partial charge in [0.15, 0.2) is 11.5 Å². The zero-order valence-corrected chi connectivity index (χ0v) is 18.2. The molecule has 2 aliphatic rings. The van der Waals surface area contributed by atoms with Crippen molar-refractivity contribution in [2.75, 3.05) is 26.4 Å². The minimum atomic E-state index is -0.0522. The van der Waals surface area contributed by atoms with Crippen LogP contribution in [0, 0.1) is 5.92 Å². The molecule has 152 valence electrons. The molecular weight excluding hydrogens is 394 g/mol. The smallest absolute Gasteiger partial charge is 0.266 e. The van der Waals surface area contributed by atoms with Crippen LogP contribution in [-0.4, -0.2) is 47.6 Å². The number of nitrogens with zero attached hydrogens (tertiary/aromatic N) is 1. The fourth-order valence-corrected chi connectivity index (χ4v) is 4.33. The summed E-state index contributed by atoms with van der Waals surface area (Å²) in [7, 11) is 0. The van der Waals surface area contributed by atoms with Crippen molar-refractivity contribution in [3.05, 3.63) is 28.7 Å². The van der Waals surface area contributed by atoms with E-state index in [-0.39, 0.29) is 12.0 Å². The van der Waals surface area contributed by atoms with E-state index in [1.807, 2.05) is 31.2 Å². The maximum atomic E-state index is 12.8. The molecule has 1 atom stereocenters. The Balaban J connectivity index is 1.75. The molecule has 0 aliphatic carbocycles. The molecule has 0 saturated carbocycles. The lowest BCUT2D eigenvalue weighted by molar-refractivity contribution is -0.123. The number of ether oxygens (including phenoxy) is 3. The molecule has 0 bridgehead atoms. The van der Waals surface area contributed by atoms with Crippen LogP contribution in [-0.2, 0) is 9.53 Å². The van der Waals surface area contributed by atoms with E-state index in [0.29, 0.717) is 40.7 Å². The van der Waals surface area contributed by atoms with Crippen LogP contribution in [0.3, 0.4) is 0 Å². The molecule has 2 fully saturated rings. The maximum absolute atomic E-state index is 12.8. The molecule has 0 radical (unpaired) electrons. The second-order valence-corrected chi connectivity index (χ2v) is 8.95. The van der Waals surface area contributed by atoms with Crippen LogP contribution in [0.25, 0.3) is 6.08 Å². The van der Waals surface area contributed by atoms with Crippen molar-refractivity contribution < 1.29 is 19.0 Å². The predicted molar refractivity (Wildman–Crippen MR) is 117 cm³/mol. The Morgan fingerprint density at radius 3 is 2.86 bits per heavy atom. The van der Waals surface area contributed by atoms with Crippen LogP contribution in [0.4, 0.5) is 0 Å². The molecule has 0 spiro atoms. The average molecular weight is 422 g/mol. The second-order valence-electron chi connectivity index (χ2n) is 7.27. The van der Waals surface area contributed by atoms with Crippen molar-refractivity contribution in [1.82, 2.24) is 4.90 Å². The zero-order chi connectivity index (χ0) is 20.1. The largest absolute Gasteiger partial charge is 0.490 e. The van der Waals surface area contributed by atoms with Crippen molar-refractivity contribution in [2.24, 2.45) is 5.92 Å². The quantitative estimate of drug-likeness (QED) is 0.455. The maximum Gasteiger partial charge on any atom is 0.266 e. The standard InChI is InChI=1S/C21H27NO4S2/c1-4-24-18-10-15(7-8-17(18)26-13-14(2)3)11-19-20(23)22(21(27)28-19)12-16-6-5-9-25-16/h7-8,10-11,14,16H,4-6,9,12-13H2,1-3H3/b19-11-/t16-/m1/s1. The molecule has 1 aromatic rings. The topological polar surface area (TPSA) is 48.0 Å². The predicted octanol–water partition coefficient (Wildman–Crippen LogP) is 4.50. The normalized spacial score (nSPS) is 21.2. The Hall–Kier alpha value is -1.57. The van der Waals surface area contributed by atoms with Gasteiger partial charge in [-0.1, -0.05) is 43.9 Å². The minimum Gasteiger partial charge on any atom is -0.490 e. The van der Waals surface area contributed by atoms with E-state index in [2.05, 4.69) is 13.8 Å². The van der Waals surface area contributed by atoms with Gasteiger partial charge in [-0.05, 0) is 49.5 Å². The van der Waals surface area contributed by atoms with Gasteiger partial charge in [0.25, 0.3) is 5.91 Å². The first-order valence-corrected chi connectivity index (χ1v) is 11.0. The Kier molecular flexibility index (Phi) is 7.37. The van der Waals surface area contributed by atoms with E-state index >= 15 is 0 Å². The van der Waals surface area contributed by atoms with Gasteiger partial charge in [-0.25, -0.2) is 0 Å². The lowest BCUT2D eigenvalue weighted by Gasteiger charge is -2.18. The van der Waals surface area contributed by atoms with Crippen LogP contribution >= 0.6 is 24.0 Å². The van der Waals surface area contributed by atoms with E-state index < -0.39 is 0 Å². The third kappa shape index (κ3) is 5.27. The molecule has 0 unspecified atom stereocenters. The van der Waals surface area contributed by atoms with Crippen molar-refractivity contribution >= 4 is 40.3 Å². The Morgan fingerprint density at radius 1 is 1.36 bits per heavy atom. The number of hydrogen-bond donors (Lipinski definition) is 0. The van der Waals surface area contributed by atoms with Gasteiger partial charge in [-0.3, -0.25) is 9.69 Å². The summed E-state index contributed by atoms with van der Waals surface area (Å²) in [4.78, 5) is 15.1. The van der Waals surface area contributed by atoms with Crippen LogP contribution in [0.1, 0.15) is 39.2 Å². The van der Waals surface area contributed by atoms with Gasteiger partial charge in [-0.2, -0.15) is 0 Å². The Bertz CT molecular complexity index is 757. The van der Waals surface area contributed by atoms with Crippen LogP contribution in [0.2, 0.25) is 0 Å². The number of benzene rings is 1. The van der Waals surface area contributed by atoms with Crippen molar-refractivity contribution in [2.45, 2.75) is 39.7 Å². The monoisotopic (exact) mass is 421 g/mol. The molecule has 5 nitrogen and oxygen atoms in total. The summed E-state index contributed by atoms with van der Waals surface area (Å²) in [5.41, 5.74) is 0.887. The van der Waals surface area contributed by atoms with Crippen molar-refractivity contribution in [3.8, 4) is 11.5 Å². The number of rotatable bonds is 8. The summed E-state index contributed by atoms with van der Waals surface area (Å²) in [6, 6.07) is 5.74. The molecular formula is C21H27NO4S2. The van der Waals surface area contributed by atoms with E-state index in [0.717, 1.165) is 30.8 Å². The molecule has 7 heteroatoms. The summed E-state index contributed by atoms with van der Waals surface area (Å²) < 4.78 is 17.8. The van der Waals surface area contributed by atoms with Gasteiger partial charge < -0.3 is 14.2 Å². The molecule has 3 rings (SSSR count). The highest BCUT2D eigenvalue weighted by atomic mass is 32.2. The lowest BCUT2D eigenvalue weighted by atomic mass is 10.1. The van der Waals surface area contributed by atoms with Crippen LogP contribution in [0.5, 0.6) is 11.5 Å². The summed E-state index contributed by atoms with van der Waals surface area (Å²) in [6.45, 7) is 8.62. The first-order chi connectivity index (χ1) is 13.5. The van der Waals surface area contributed by atoms with Gasteiger partial charge in [-0.15, -0.1) is 0 Å². The summed E-state index contributed by atoms with van der Waals surface area (Å²) in [5, 5.41) is 0. The molecule has 2 heterocycles. The number of thiocarbonyl (C=S) groups is 1. The average Bonchev–Trinajstić information content (AvgIpc) is 3.26. The van der Waals surface area contributed by atoms with Crippen molar-refractivity contribution in [1.29, 1.82) is 0 Å².